The number of carbonyl (C=O) groups excluding carboxylic acids is 1. The molecule has 82 valence electrons. The second kappa shape index (κ2) is 5.95. The second-order valence-electron chi connectivity index (χ2n) is 2.73. The van der Waals surface area contributed by atoms with Gasteiger partial charge in [0, 0.05) is 7.11 Å². The van der Waals surface area contributed by atoms with Crippen LogP contribution in [0.2, 0.25) is 10.0 Å². The van der Waals surface area contributed by atoms with Gasteiger partial charge in [-0.2, -0.15) is 0 Å². The molecule has 1 aromatic carbocycles. The summed E-state index contributed by atoms with van der Waals surface area (Å²) in [6.07, 6.45) is 0.605. The summed E-state index contributed by atoms with van der Waals surface area (Å²) in [5, 5.41) is 0.544. The molecule has 0 bridgehead atoms. The first-order valence-electron chi connectivity index (χ1n) is 4.25. The molecular weight excluding hydrogens is 239 g/mol. The van der Waals surface area contributed by atoms with Crippen LogP contribution in [0.5, 0.6) is 5.75 Å². The topological polar surface area (TPSA) is 35.5 Å². The third-order valence-corrected chi connectivity index (χ3v) is 2.47. The monoisotopic (exact) mass is 248 g/mol. The lowest BCUT2D eigenvalue weighted by Gasteiger charge is -2.09. The van der Waals surface area contributed by atoms with E-state index in [1.807, 2.05) is 0 Å². The molecule has 1 aromatic rings. The number of ether oxygens (including phenoxy) is 2. The SMILES string of the molecule is COCCOc1ccc(Cl)c(C=O)c1Cl. The highest BCUT2D eigenvalue weighted by Crippen LogP contribution is 2.32. The van der Waals surface area contributed by atoms with Crippen molar-refractivity contribution in [2.45, 2.75) is 0 Å². The van der Waals surface area contributed by atoms with E-state index in [1.165, 1.54) is 0 Å². The molecule has 0 radical (unpaired) electrons. The van der Waals surface area contributed by atoms with E-state index in [2.05, 4.69) is 0 Å². The van der Waals surface area contributed by atoms with E-state index in [9.17, 15) is 4.79 Å². The first-order chi connectivity index (χ1) is 7.20. The van der Waals surface area contributed by atoms with Crippen LogP contribution >= 0.6 is 23.2 Å². The van der Waals surface area contributed by atoms with E-state index in [0.717, 1.165) is 0 Å². The average Bonchev–Trinajstić information content (AvgIpc) is 2.22. The van der Waals surface area contributed by atoms with Crippen LogP contribution in [0.1, 0.15) is 10.4 Å². The largest absolute Gasteiger partial charge is 0.490 e. The lowest BCUT2D eigenvalue weighted by Crippen LogP contribution is -2.05. The van der Waals surface area contributed by atoms with Gasteiger partial charge in [-0.1, -0.05) is 23.2 Å². The van der Waals surface area contributed by atoms with Gasteiger partial charge in [-0.05, 0) is 12.1 Å². The van der Waals surface area contributed by atoms with E-state index in [-0.39, 0.29) is 10.6 Å². The molecule has 1 rings (SSSR count). The number of halogens is 2. The first kappa shape index (κ1) is 12.3. The third kappa shape index (κ3) is 3.09. The molecule has 0 fully saturated rings. The van der Waals surface area contributed by atoms with Gasteiger partial charge in [0.05, 0.1) is 22.2 Å². The fraction of sp³-hybridized carbons (Fsp3) is 0.300. The lowest BCUT2D eigenvalue weighted by molar-refractivity contribution is 0.112. The molecule has 0 spiro atoms. The van der Waals surface area contributed by atoms with Crippen molar-refractivity contribution in [3.63, 3.8) is 0 Å². The molecule has 0 unspecified atom stereocenters. The maximum atomic E-state index is 10.7. The molecule has 0 saturated heterocycles. The summed E-state index contributed by atoms with van der Waals surface area (Å²) < 4.78 is 10.1. The molecule has 0 aliphatic carbocycles. The Bertz CT molecular complexity index is 353. The maximum absolute atomic E-state index is 10.7. The van der Waals surface area contributed by atoms with E-state index in [0.29, 0.717) is 30.3 Å². The highest BCUT2D eigenvalue weighted by Gasteiger charge is 2.10. The van der Waals surface area contributed by atoms with Gasteiger partial charge in [0.25, 0.3) is 0 Å². The molecule has 0 saturated carbocycles. The van der Waals surface area contributed by atoms with Gasteiger partial charge in [0.15, 0.2) is 6.29 Å². The maximum Gasteiger partial charge on any atom is 0.153 e. The zero-order valence-electron chi connectivity index (χ0n) is 8.13. The van der Waals surface area contributed by atoms with Crippen molar-refractivity contribution in [2.75, 3.05) is 20.3 Å². The number of benzene rings is 1. The third-order valence-electron chi connectivity index (χ3n) is 1.75. The van der Waals surface area contributed by atoms with Crippen LogP contribution < -0.4 is 4.74 Å². The fourth-order valence-corrected chi connectivity index (χ4v) is 1.52. The molecular formula is C10H10Cl2O3. The number of aldehydes is 1. The van der Waals surface area contributed by atoms with Gasteiger partial charge < -0.3 is 9.47 Å². The van der Waals surface area contributed by atoms with Crippen molar-refractivity contribution in [1.82, 2.24) is 0 Å². The van der Waals surface area contributed by atoms with Crippen LogP contribution in [0, 0.1) is 0 Å². The Morgan fingerprint density at radius 3 is 2.67 bits per heavy atom. The molecule has 0 amide bonds. The standard InChI is InChI=1S/C10H10Cl2O3/c1-14-4-5-15-9-3-2-8(11)7(6-13)10(9)12/h2-3,6H,4-5H2,1H3. The molecule has 0 N–H and O–H groups in total. The van der Waals surface area contributed by atoms with Crippen LogP contribution in [-0.4, -0.2) is 26.6 Å². The van der Waals surface area contributed by atoms with Crippen molar-refractivity contribution in [2.24, 2.45) is 0 Å². The smallest absolute Gasteiger partial charge is 0.153 e. The molecule has 5 heteroatoms. The molecule has 0 atom stereocenters. The average molecular weight is 249 g/mol. The van der Waals surface area contributed by atoms with E-state index in [1.54, 1.807) is 19.2 Å². The Morgan fingerprint density at radius 1 is 1.33 bits per heavy atom. The van der Waals surface area contributed by atoms with Crippen LogP contribution in [0.15, 0.2) is 12.1 Å². The highest BCUT2D eigenvalue weighted by atomic mass is 35.5. The molecule has 0 aliphatic rings. The summed E-state index contributed by atoms with van der Waals surface area (Å²) in [5.74, 6) is 0.431. The minimum Gasteiger partial charge on any atom is -0.490 e. The molecule has 3 nitrogen and oxygen atoms in total. The van der Waals surface area contributed by atoms with Gasteiger partial charge >= 0.3 is 0 Å². The molecule has 0 aromatic heterocycles. The summed E-state index contributed by atoms with van der Waals surface area (Å²) in [4.78, 5) is 10.7. The number of rotatable bonds is 5. The Kier molecular flexibility index (Phi) is 4.88. The quantitative estimate of drug-likeness (QED) is 0.594. The summed E-state index contributed by atoms with van der Waals surface area (Å²) in [7, 11) is 1.57. The Morgan fingerprint density at radius 2 is 2.07 bits per heavy atom. The zero-order valence-corrected chi connectivity index (χ0v) is 9.64. The van der Waals surface area contributed by atoms with E-state index < -0.39 is 0 Å². The first-order valence-corrected chi connectivity index (χ1v) is 5.01. The lowest BCUT2D eigenvalue weighted by atomic mass is 10.2. The van der Waals surface area contributed by atoms with Gasteiger partial charge in [-0.3, -0.25) is 4.79 Å². The van der Waals surface area contributed by atoms with Crippen molar-refractivity contribution >= 4 is 29.5 Å². The number of hydrogen-bond donors (Lipinski definition) is 0. The van der Waals surface area contributed by atoms with Crippen LogP contribution in [-0.2, 0) is 4.74 Å². The fourth-order valence-electron chi connectivity index (χ4n) is 1.00. The molecule has 15 heavy (non-hydrogen) atoms. The highest BCUT2D eigenvalue weighted by molar-refractivity contribution is 6.39. The van der Waals surface area contributed by atoms with Crippen LogP contribution in [0.4, 0.5) is 0 Å². The Labute approximate surface area is 97.9 Å². The minimum absolute atomic E-state index is 0.230. The second-order valence-corrected chi connectivity index (χ2v) is 3.52. The summed E-state index contributed by atoms with van der Waals surface area (Å²) in [5.41, 5.74) is 0.244. The zero-order chi connectivity index (χ0) is 11.3. The predicted molar refractivity (Wildman–Crippen MR) is 59.2 cm³/mol. The summed E-state index contributed by atoms with van der Waals surface area (Å²) >= 11 is 11.7. The number of hydrogen-bond acceptors (Lipinski definition) is 3. The molecule has 0 heterocycles. The van der Waals surface area contributed by atoms with E-state index >= 15 is 0 Å². The van der Waals surface area contributed by atoms with Crippen molar-refractivity contribution in [3.8, 4) is 5.75 Å². The van der Waals surface area contributed by atoms with Gasteiger partial charge in [0.2, 0.25) is 0 Å². The predicted octanol–water partition coefficient (Wildman–Crippen LogP) is 2.83. The number of methoxy groups -OCH3 is 1. The van der Waals surface area contributed by atoms with Crippen molar-refractivity contribution < 1.29 is 14.3 Å². The Balaban J connectivity index is 2.85. The van der Waals surface area contributed by atoms with Gasteiger partial charge in [-0.25, -0.2) is 0 Å². The Hall–Kier alpha value is -0.770. The minimum atomic E-state index is 0.230. The van der Waals surface area contributed by atoms with E-state index in [4.69, 9.17) is 32.7 Å². The summed E-state index contributed by atoms with van der Waals surface area (Å²) in [6.45, 7) is 0.825. The summed E-state index contributed by atoms with van der Waals surface area (Å²) in [6, 6.07) is 3.19. The normalized spacial score (nSPS) is 10.1. The van der Waals surface area contributed by atoms with Gasteiger partial charge in [0.1, 0.15) is 12.4 Å². The van der Waals surface area contributed by atoms with Crippen LogP contribution in [0.25, 0.3) is 0 Å². The number of carbonyl (C=O) groups is 1. The van der Waals surface area contributed by atoms with Crippen molar-refractivity contribution in [3.05, 3.63) is 27.7 Å². The molecule has 0 aliphatic heterocycles. The van der Waals surface area contributed by atoms with Crippen LogP contribution in [0.3, 0.4) is 0 Å². The van der Waals surface area contributed by atoms with Crippen molar-refractivity contribution in [1.29, 1.82) is 0 Å². The van der Waals surface area contributed by atoms with Gasteiger partial charge in [-0.15, -0.1) is 0 Å².